The van der Waals surface area contributed by atoms with Crippen LogP contribution in [0.4, 0.5) is 0 Å². The van der Waals surface area contributed by atoms with Crippen LogP contribution in [0.5, 0.6) is 0 Å². The highest BCUT2D eigenvalue weighted by atomic mass is 16.3. The van der Waals surface area contributed by atoms with Crippen molar-refractivity contribution < 1.29 is 5.11 Å². The maximum absolute atomic E-state index is 10.3. The van der Waals surface area contributed by atoms with Crippen molar-refractivity contribution in [3.05, 3.63) is 12.2 Å². The Morgan fingerprint density at radius 3 is 2.34 bits per heavy atom. The Hall–Kier alpha value is -0.300. The molecule has 0 heterocycles. The smallest absolute Gasteiger partial charge is 0.0543 e. The van der Waals surface area contributed by atoms with Crippen LogP contribution < -0.4 is 0 Å². The predicted molar refractivity (Wildman–Crippen MR) is 124 cm³/mol. The van der Waals surface area contributed by atoms with Crippen LogP contribution in [-0.4, -0.2) is 11.2 Å². The van der Waals surface area contributed by atoms with Gasteiger partial charge in [-0.1, -0.05) is 46.8 Å². The molecule has 0 bridgehead atoms. The van der Waals surface area contributed by atoms with Crippen molar-refractivity contribution in [3.63, 3.8) is 0 Å². The van der Waals surface area contributed by atoms with Crippen LogP contribution in [0.15, 0.2) is 12.2 Å². The minimum absolute atomic E-state index is 0.0223. The second-order valence-electron chi connectivity index (χ2n) is 12.7. The SMILES string of the molecule is C=C(CC[C@@H](C)C(C)C)[C@H]1CC[C@H]2[C@@H]3CC[C@H]4C[C@@H](O)CC[C@]4(C)[C@H]3CC[C@]12C. The largest absolute Gasteiger partial charge is 0.393 e. The van der Waals surface area contributed by atoms with E-state index in [4.69, 9.17) is 0 Å². The van der Waals surface area contributed by atoms with Crippen molar-refractivity contribution in [2.24, 2.45) is 52.3 Å². The molecule has 0 aromatic heterocycles. The Kier molecular flexibility index (Phi) is 6.04. The van der Waals surface area contributed by atoms with E-state index < -0.39 is 0 Å². The van der Waals surface area contributed by atoms with Gasteiger partial charge in [0.05, 0.1) is 6.10 Å². The number of fused-ring (bicyclic) bond motifs is 5. The molecule has 4 aliphatic rings. The third-order valence-electron chi connectivity index (χ3n) is 11.2. The van der Waals surface area contributed by atoms with Gasteiger partial charge in [0.1, 0.15) is 0 Å². The van der Waals surface area contributed by atoms with Crippen molar-refractivity contribution in [1.29, 1.82) is 0 Å². The highest BCUT2D eigenvalue weighted by molar-refractivity contribution is 5.16. The maximum atomic E-state index is 10.3. The second kappa shape index (κ2) is 7.99. The van der Waals surface area contributed by atoms with E-state index in [1.54, 1.807) is 5.57 Å². The standard InChI is InChI=1S/C28H48O/c1-18(2)19(3)7-8-20(4)24-11-12-25-23-10-9-21-17-22(29)13-15-27(21,5)26(23)14-16-28(24,25)6/h18-19,21-26,29H,4,7-17H2,1-3,5-6H3/t19-,21+,22+,23+,24-,25+,26+,27+,28-/m1/s1. The summed E-state index contributed by atoms with van der Waals surface area (Å²) in [5.41, 5.74) is 2.60. The molecular formula is C28H48O. The molecule has 0 aliphatic heterocycles. The quantitative estimate of drug-likeness (QED) is 0.470. The lowest BCUT2D eigenvalue weighted by Crippen LogP contribution is -2.54. The number of hydrogen-bond donors (Lipinski definition) is 1. The summed E-state index contributed by atoms with van der Waals surface area (Å²) < 4.78 is 0. The van der Waals surface area contributed by atoms with E-state index in [1.165, 1.54) is 57.8 Å². The summed E-state index contributed by atoms with van der Waals surface area (Å²) in [7, 11) is 0. The Bertz CT molecular complexity index is 607. The third kappa shape index (κ3) is 3.66. The van der Waals surface area contributed by atoms with Crippen molar-refractivity contribution >= 4 is 0 Å². The van der Waals surface area contributed by atoms with Crippen molar-refractivity contribution in [1.82, 2.24) is 0 Å². The first-order valence-corrected chi connectivity index (χ1v) is 13.0. The average molecular weight is 401 g/mol. The van der Waals surface area contributed by atoms with Crippen LogP contribution in [0.3, 0.4) is 0 Å². The molecule has 0 amide bonds. The van der Waals surface area contributed by atoms with Crippen LogP contribution in [0.25, 0.3) is 0 Å². The number of rotatable bonds is 5. The number of aliphatic hydroxyl groups is 1. The molecule has 1 nitrogen and oxygen atoms in total. The molecule has 4 aliphatic carbocycles. The highest BCUT2D eigenvalue weighted by Crippen LogP contribution is 2.68. The summed E-state index contributed by atoms with van der Waals surface area (Å²) in [6.45, 7) is 17.1. The summed E-state index contributed by atoms with van der Waals surface area (Å²) >= 11 is 0. The molecule has 0 spiro atoms. The first-order chi connectivity index (χ1) is 13.7. The molecule has 1 N–H and O–H groups in total. The van der Waals surface area contributed by atoms with Crippen molar-refractivity contribution in [3.8, 4) is 0 Å². The summed E-state index contributed by atoms with van der Waals surface area (Å²) in [4.78, 5) is 0. The molecule has 4 saturated carbocycles. The Labute approximate surface area is 181 Å². The van der Waals surface area contributed by atoms with Gasteiger partial charge in [-0.2, -0.15) is 0 Å². The second-order valence-corrected chi connectivity index (χ2v) is 12.7. The van der Waals surface area contributed by atoms with E-state index >= 15 is 0 Å². The summed E-state index contributed by atoms with van der Waals surface area (Å²) in [6.07, 6.45) is 14.5. The normalized spacial score (nSPS) is 48.0. The van der Waals surface area contributed by atoms with Gasteiger partial charge in [-0.3, -0.25) is 0 Å². The topological polar surface area (TPSA) is 20.2 Å². The molecular weight excluding hydrogens is 352 g/mol. The lowest BCUT2D eigenvalue weighted by molar-refractivity contribution is -0.124. The van der Waals surface area contributed by atoms with Gasteiger partial charge in [0.2, 0.25) is 0 Å². The Balaban J connectivity index is 1.47. The molecule has 4 rings (SSSR count). The average Bonchev–Trinajstić information content (AvgIpc) is 3.03. The van der Waals surface area contributed by atoms with E-state index in [9.17, 15) is 5.11 Å². The molecule has 0 aromatic carbocycles. The molecule has 29 heavy (non-hydrogen) atoms. The van der Waals surface area contributed by atoms with Gasteiger partial charge in [0.25, 0.3) is 0 Å². The fourth-order valence-corrected chi connectivity index (χ4v) is 8.83. The summed E-state index contributed by atoms with van der Waals surface area (Å²) in [5.74, 6) is 5.93. The molecule has 166 valence electrons. The van der Waals surface area contributed by atoms with Crippen LogP contribution in [-0.2, 0) is 0 Å². The zero-order chi connectivity index (χ0) is 21.0. The zero-order valence-electron chi connectivity index (χ0n) is 20.1. The predicted octanol–water partition coefficient (Wildman–Crippen LogP) is 7.63. The maximum Gasteiger partial charge on any atom is 0.0543 e. The lowest BCUT2D eigenvalue weighted by Gasteiger charge is -2.61. The molecule has 0 unspecified atom stereocenters. The van der Waals surface area contributed by atoms with Gasteiger partial charge in [0, 0.05) is 0 Å². The van der Waals surface area contributed by atoms with Gasteiger partial charge >= 0.3 is 0 Å². The Morgan fingerprint density at radius 1 is 0.931 bits per heavy atom. The monoisotopic (exact) mass is 400 g/mol. The van der Waals surface area contributed by atoms with Gasteiger partial charge < -0.3 is 5.11 Å². The van der Waals surface area contributed by atoms with Crippen LogP contribution in [0.1, 0.15) is 105 Å². The zero-order valence-corrected chi connectivity index (χ0v) is 20.1. The van der Waals surface area contributed by atoms with E-state index in [-0.39, 0.29) is 6.10 Å². The minimum Gasteiger partial charge on any atom is -0.393 e. The molecule has 0 saturated heterocycles. The van der Waals surface area contributed by atoms with E-state index in [2.05, 4.69) is 41.2 Å². The summed E-state index contributed by atoms with van der Waals surface area (Å²) in [6, 6.07) is 0. The van der Waals surface area contributed by atoms with E-state index in [1.807, 2.05) is 0 Å². The number of allylic oxidation sites excluding steroid dienone is 1. The van der Waals surface area contributed by atoms with Crippen molar-refractivity contribution in [2.45, 2.75) is 111 Å². The molecule has 9 atom stereocenters. The van der Waals surface area contributed by atoms with Gasteiger partial charge in [0.15, 0.2) is 0 Å². The fourth-order valence-electron chi connectivity index (χ4n) is 8.83. The van der Waals surface area contributed by atoms with Gasteiger partial charge in [-0.15, -0.1) is 0 Å². The van der Waals surface area contributed by atoms with Crippen LogP contribution in [0, 0.1) is 52.3 Å². The van der Waals surface area contributed by atoms with E-state index in [0.717, 1.165) is 54.3 Å². The fraction of sp³-hybridized carbons (Fsp3) is 0.929. The van der Waals surface area contributed by atoms with Crippen LogP contribution >= 0.6 is 0 Å². The van der Waals surface area contributed by atoms with Crippen LogP contribution in [0.2, 0.25) is 0 Å². The molecule has 1 heteroatoms. The number of aliphatic hydroxyl groups excluding tert-OH is 1. The van der Waals surface area contributed by atoms with Gasteiger partial charge in [-0.05, 0) is 123 Å². The lowest BCUT2D eigenvalue weighted by atomic mass is 9.44. The molecule has 4 fully saturated rings. The molecule has 0 radical (unpaired) electrons. The number of hydrogen-bond acceptors (Lipinski definition) is 1. The Morgan fingerprint density at radius 2 is 1.62 bits per heavy atom. The van der Waals surface area contributed by atoms with Crippen molar-refractivity contribution in [2.75, 3.05) is 0 Å². The summed E-state index contributed by atoms with van der Waals surface area (Å²) in [5, 5.41) is 10.3. The van der Waals surface area contributed by atoms with Gasteiger partial charge in [-0.25, -0.2) is 0 Å². The van der Waals surface area contributed by atoms with E-state index in [0.29, 0.717) is 10.8 Å². The third-order valence-corrected chi connectivity index (χ3v) is 11.2. The first-order valence-electron chi connectivity index (χ1n) is 13.0. The minimum atomic E-state index is -0.0223. The highest BCUT2D eigenvalue weighted by Gasteiger charge is 2.60. The molecule has 0 aromatic rings. The first kappa shape index (κ1) is 21.9.